The second-order valence-corrected chi connectivity index (χ2v) is 7.68. The van der Waals surface area contributed by atoms with Gasteiger partial charge in [-0.15, -0.1) is 0 Å². The van der Waals surface area contributed by atoms with E-state index in [1.165, 1.54) is 4.90 Å². The van der Waals surface area contributed by atoms with Gasteiger partial charge in [0.05, 0.1) is 24.3 Å². The molecule has 0 fully saturated rings. The van der Waals surface area contributed by atoms with Crippen molar-refractivity contribution < 1.29 is 19.1 Å². The number of nitrogens with zero attached hydrogens (tertiary/aromatic N) is 2. The van der Waals surface area contributed by atoms with Crippen molar-refractivity contribution in [2.24, 2.45) is 0 Å². The Bertz CT molecular complexity index is 1090. The van der Waals surface area contributed by atoms with Crippen LogP contribution in [0.4, 0.5) is 0 Å². The van der Waals surface area contributed by atoms with Gasteiger partial charge in [-0.3, -0.25) is 19.3 Å². The third kappa shape index (κ3) is 4.54. The van der Waals surface area contributed by atoms with Crippen LogP contribution in [0.5, 0.6) is 5.75 Å². The summed E-state index contributed by atoms with van der Waals surface area (Å²) in [5, 5.41) is 0. The van der Waals surface area contributed by atoms with E-state index in [2.05, 4.69) is 0 Å². The van der Waals surface area contributed by atoms with Gasteiger partial charge in [0.2, 0.25) is 0 Å². The van der Waals surface area contributed by atoms with Crippen molar-refractivity contribution in [2.45, 2.75) is 13.0 Å². The fourth-order valence-corrected chi connectivity index (χ4v) is 3.65. The number of fused-ring (bicyclic) bond motifs is 1. The lowest BCUT2D eigenvalue weighted by atomic mass is 10.1. The summed E-state index contributed by atoms with van der Waals surface area (Å²) in [4.78, 5) is 40.6. The van der Waals surface area contributed by atoms with Gasteiger partial charge >= 0.3 is 0 Å². The summed E-state index contributed by atoms with van der Waals surface area (Å²) >= 11 is 0. The number of para-hydroxylation sites is 1. The number of ether oxygens (including phenoxy) is 1. The first-order valence-electron chi connectivity index (χ1n) is 10.5. The quantitative estimate of drug-likeness (QED) is 0.401. The van der Waals surface area contributed by atoms with Crippen LogP contribution in [0.1, 0.15) is 43.1 Å². The minimum absolute atomic E-state index is 0.0861. The van der Waals surface area contributed by atoms with Crippen LogP contribution in [-0.4, -0.2) is 47.7 Å². The SMILES string of the molecule is CN(CCCOc1ccccc1)C(=O)c1ccc(CN2C(=O)c3ccccc3C2=O)cc1. The van der Waals surface area contributed by atoms with Gasteiger partial charge in [0, 0.05) is 19.2 Å². The molecule has 0 radical (unpaired) electrons. The molecule has 0 aliphatic carbocycles. The predicted molar refractivity (Wildman–Crippen MR) is 121 cm³/mol. The summed E-state index contributed by atoms with van der Waals surface area (Å²) in [6, 6.07) is 23.4. The zero-order valence-corrected chi connectivity index (χ0v) is 17.9. The number of rotatable bonds is 8. The first-order valence-corrected chi connectivity index (χ1v) is 10.5. The van der Waals surface area contributed by atoms with Gasteiger partial charge in [-0.05, 0) is 48.4 Å². The molecule has 1 heterocycles. The van der Waals surface area contributed by atoms with Crippen LogP contribution in [0.15, 0.2) is 78.9 Å². The van der Waals surface area contributed by atoms with Crippen LogP contribution < -0.4 is 4.74 Å². The molecule has 0 atom stereocenters. The van der Waals surface area contributed by atoms with E-state index in [0.29, 0.717) is 29.8 Å². The van der Waals surface area contributed by atoms with Gasteiger partial charge in [0.1, 0.15) is 5.75 Å². The summed E-state index contributed by atoms with van der Waals surface area (Å²) < 4.78 is 5.66. The Morgan fingerprint density at radius 2 is 1.44 bits per heavy atom. The lowest BCUT2D eigenvalue weighted by molar-refractivity contribution is 0.0641. The maximum atomic E-state index is 12.7. The third-order valence-corrected chi connectivity index (χ3v) is 5.42. The molecule has 3 aromatic rings. The highest BCUT2D eigenvalue weighted by Gasteiger charge is 2.34. The highest BCUT2D eigenvalue weighted by Crippen LogP contribution is 2.24. The van der Waals surface area contributed by atoms with Crippen molar-refractivity contribution in [3.05, 3.63) is 101 Å². The monoisotopic (exact) mass is 428 g/mol. The van der Waals surface area contributed by atoms with Gasteiger partial charge < -0.3 is 9.64 Å². The first-order chi connectivity index (χ1) is 15.5. The Balaban J connectivity index is 1.30. The molecule has 3 aromatic carbocycles. The standard InChI is InChI=1S/C26H24N2O4/c1-27(16-7-17-32-21-8-3-2-4-9-21)24(29)20-14-12-19(13-15-20)18-28-25(30)22-10-5-6-11-23(22)26(28)31/h2-6,8-15H,7,16-18H2,1H3. The molecule has 3 amide bonds. The maximum Gasteiger partial charge on any atom is 0.261 e. The molecular weight excluding hydrogens is 404 g/mol. The second kappa shape index (κ2) is 9.47. The Kier molecular flexibility index (Phi) is 6.31. The summed E-state index contributed by atoms with van der Waals surface area (Å²) in [7, 11) is 1.76. The van der Waals surface area contributed by atoms with Crippen molar-refractivity contribution in [3.8, 4) is 5.75 Å². The smallest absolute Gasteiger partial charge is 0.261 e. The van der Waals surface area contributed by atoms with Gasteiger partial charge in [-0.2, -0.15) is 0 Å². The highest BCUT2D eigenvalue weighted by molar-refractivity contribution is 6.21. The van der Waals surface area contributed by atoms with E-state index < -0.39 is 0 Å². The van der Waals surface area contributed by atoms with Gasteiger partial charge in [-0.25, -0.2) is 0 Å². The lowest BCUT2D eigenvalue weighted by Crippen LogP contribution is -2.29. The topological polar surface area (TPSA) is 66.9 Å². The van der Waals surface area contributed by atoms with Crippen molar-refractivity contribution in [1.82, 2.24) is 9.80 Å². The number of carbonyl (C=O) groups is 3. The summed E-state index contributed by atoms with van der Waals surface area (Å²) in [6.45, 7) is 1.27. The zero-order valence-electron chi connectivity index (χ0n) is 17.9. The van der Waals surface area contributed by atoms with Crippen molar-refractivity contribution in [1.29, 1.82) is 0 Å². The average Bonchev–Trinajstić information content (AvgIpc) is 3.07. The summed E-state index contributed by atoms with van der Waals surface area (Å²) in [6.07, 6.45) is 0.717. The molecule has 1 aliphatic heterocycles. The predicted octanol–water partition coefficient (Wildman–Crippen LogP) is 4.02. The fraction of sp³-hybridized carbons (Fsp3) is 0.192. The molecule has 0 N–H and O–H groups in total. The van der Waals surface area contributed by atoms with Crippen LogP contribution >= 0.6 is 0 Å². The van der Waals surface area contributed by atoms with Crippen LogP contribution in [0.2, 0.25) is 0 Å². The molecule has 162 valence electrons. The van der Waals surface area contributed by atoms with E-state index >= 15 is 0 Å². The Morgan fingerprint density at radius 1 is 0.844 bits per heavy atom. The first kappa shape index (κ1) is 21.3. The number of carbonyl (C=O) groups excluding carboxylic acids is 3. The van der Waals surface area contributed by atoms with Crippen LogP contribution in [0, 0.1) is 0 Å². The average molecular weight is 428 g/mol. The molecule has 0 saturated carbocycles. The van der Waals surface area contributed by atoms with Crippen LogP contribution in [-0.2, 0) is 6.54 Å². The Morgan fingerprint density at radius 3 is 2.06 bits per heavy atom. The Hall–Kier alpha value is -3.93. The number of amides is 3. The van der Waals surface area contributed by atoms with Crippen LogP contribution in [0.25, 0.3) is 0 Å². The lowest BCUT2D eigenvalue weighted by Gasteiger charge is -2.18. The number of hydrogen-bond donors (Lipinski definition) is 0. The maximum absolute atomic E-state index is 12.7. The summed E-state index contributed by atoms with van der Waals surface area (Å²) in [5.74, 6) is 0.151. The fourth-order valence-electron chi connectivity index (χ4n) is 3.65. The molecule has 6 nitrogen and oxygen atoms in total. The Labute approximate surface area is 187 Å². The molecule has 0 aromatic heterocycles. The molecule has 0 saturated heterocycles. The third-order valence-electron chi connectivity index (χ3n) is 5.42. The summed E-state index contributed by atoms with van der Waals surface area (Å²) in [5.41, 5.74) is 2.21. The highest BCUT2D eigenvalue weighted by atomic mass is 16.5. The molecule has 4 rings (SSSR count). The second-order valence-electron chi connectivity index (χ2n) is 7.68. The van der Waals surface area contributed by atoms with E-state index in [9.17, 15) is 14.4 Å². The number of hydrogen-bond acceptors (Lipinski definition) is 4. The molecule has 6 heteroatoms. The van der Waals surface area contributed by atoms with Crippen molar-refractivity contribution in [3.63, 3.8) is 0 Å². The molecule has 0 spiro atoms. The normalized spacial score (nSPS) is 12.6. The van der Waals surface area contributed by atoms with E-state index in [1.54, 1.807) is 60.5 Å². The van der Waals surface area contributed by atoms with E-state index in [-0.39, 0.29) is 24.3 Å². The van der Waals surface area contributed by atoms with Gasteiger partial charge in [0.25, 0.3) is 17.7 Å². The zero-order chi connectivity index (χ0) is 22.5. The van der Waals surface area contributed by atoms with Crippen molar-refractivity contribution in [2.75, 3.05) is 20.2 Å². The minimum atomic E-state index is -0.289. The van der Waals surface area contributed by atoms with Gasteiger partial charge in [0.15, 0.2) is 0 Å². The molecular formula is C26H24N2O4. The largest absolute Gasteiger partial charge is 0.494 e. The van der Waals surface area contributed by atoms with E-state index in [0.717, 1.165) is 17.7 Å². The van der Waals surface area contributed by atoms with E-state index in [4.69, 9.17) is 4.74 Å². The van der Waals surface area contributed by atoms with Crippen molar-refractivity contribution >= 4 is 17.7 Å². The molecule has 32 heavy (non-hydrogen) atoms. The molecule has 0 bridgehead atoms. The molecule has 1 aliphatic rings. The van der Waals surface area contributed by atoms with Gasteiger partial charge in [-0.1, -0.05) is 42.5 Å². The molecule has 0 unspecified atom stereocenters. The number of benzene rings is 3. The number of imide groups is 1. The minimum Gasteiger partial charge on any atom is -0.494 e. The van der Waals surface area contributed by atoms with E-state index in [1.807, 2.05) is 30.3 Å². The van der Waals surface area contributed by atoms with Crippen LogP contribution in [0.3, 0.4) is 0 Å².